The topological polar surface area (TPSA) is 38.8 Å². The first-order chi connectivity index (χ1) is 13.9. The summed E-state index contributed by atoms with van der Waals surface area (Å²) in [5.74, 6) is 1.29. The maximum Gasteiger partial charge on any atom is 0.266 e. The zero-order valence-corrected chi connectivity index (χ0v) is 19.7. The lowest BCUT2D eigenvalue weighted by molar-refractivity contribution is -0.122. The van der Waals surface area contributed by atoms with Gasteiger partial charge in [-0.25, -0.2) is 0 Å². The molecule has 4 nitrogen and oxygen atoms in total. The Morgan fingerprint density at radius 2 is 1.76 bits per heavy atom. The van der Waals surface area contributed by atoms with E-state index in [9.17, 15) is 4.79 Å². The fourth-order valence-corrected chi connectivity index (χ4v) is 4.58. The summed E-state index contributed by atoms with van der Waals surface area (Å²) in [6, 6.07) is 11.9. The molecule has 1 heterocycles. The van der Waals surface area contributed by atoms with Crippen LogP contribution in [0.15, 0.2) is 45.8 Å². The van der Waals surface area contributed by atoms with Gasteiger partial charge in [-0.3, -0.25) is 9.69 Å². The van der Waals surface area contributed by atoms with Crippen LogP contribution in [0.5, 0.6) is 11.5 Å². The Labute approximate surface area is 189 Å². The monoisotopic (exact) mass is 491 g/mol. The second kappa shape index (κ2) is 9.78. The van der Waals surface area contributed by atoms with Gasteiger partial charge < -0.3 is 9.47 Å². The number of benzene rings is 2. The third kappa shape index (κ3) is 5.21. The van der Waals surface area contributed by atoms with Gasteiger partial charge in [0.15, 0.2) is 0 Å². The third-order valence-electron chi connectivity index (χ3n) is 4.29. The van der Waals surface area contributed by atoms with Gasteiger partial charge in [-0.05, 0) is 54.4 Å². The molecule has 0 aromatic heterocycles. The number of aryl methyl sites for hydroxylation is 1. The summed E-state index contributed by atoms with van der Waals surface area (Å²) >= 11 is 10.3. The molecule has 0 N–H and O–H groups in total. The molecule has 3 rings (SSSR count). The minimum Gasteiger partial charge on any atom is -0.493 e. The van der Waals surface area contributed by atoms with E-state index < -0.39 is 0 Å². The van der Waals surface area contributed by atoms with E-state index in [2.05, 4.69) is 15.9 Å². The summed E-state index contributed by atoms with van der Waals surface area (Å²) in [6.45, 7) is 7.43. The standard InChI is InChI=1S/C22H22BrNO3S2/c1-4-26-18-12-19(27-5-2)17(23)10-16(18)11-20-21(25)24(22(28)29-20)13-15-8-6-14(3)7-9-15/h6-12H,4-5,13H2,1-3H3/b20-11-. The highest BCUT2D eigenvalue weighted by Gasteiger charge is 2.32. The van der Waals surface area contributed by atoms with E-state index in [4.69, 9.17) is 21.7 Å². The predicted octanol–water partition coefficient (Wildman–Crippen LogP) is 5.96. The average Bonchev–Trinajstić information content (AvgIpc) is 2.94. The zero-order chi connectivity index (χ0) is 21.0. The first kappa shape index (κ1) is 21.9. The Morgan fingerprint density at radius 1 is 1.10 bits per heavy atom. The lowest BCUT2D eigenvalue weighted by Gasteiger charge is -2.15. The van der Waals surface area contributed by atoms with Crippen LogP contribution in [0.2, 0.25) is 0 Å². The SMILES string of the molecule is CCOc1cc(OCC)c(/C=C2\SC(=S)N(Cc3ccc(C)cc3)C2=O)cc1Br. The molecule has 0 bridgehead atoms. The molecule has 7 heteroatoms. The number of thiocarbonyl (C=S) groups is 1. The molecule has 0 aliphatic carbocycles. The van der Waals surface area contributed by atoms with Gasteiger partial charge in [0.2, 0.25) is 0 Å². The van der Waals surface area contributed by atoms with Gasteiger partial charge in [0.1, 0.15) is 15.8 Å². The van der Waals surface area contributed by atoms with E-state index in [1.165, 1.54) is 17.3 Å². The van der Waals surface area contributed by atoms with Crippen molar-refractivity contribution >= 4 is 56.2 Å². The Hall–Kier alpha value is -1.83. The van der Waals surface area contributed by atoms with Gasteiger partial charge in [-0.15, -0.1) is 0 Å². The number of nitrogens with zero attached hydrogens (tertiary/aromatic N) is 1. The summed E-state index contributed by atoms with van der Waals surface area (Å²) in [6.07, 6.45) is 1.83. The number of amides is 1. The van der Waals surface area contributed by atoms with E-state index >= 15 is 0 Å². The molecule has 1 saturated heterocycles. The van der Waals surface area contributed by atoms with E-state index in [0.29, 0.717) is 40.5 Å². The smallest absolute Gasteiger partial charge is 0.266 e. The number of carbonyl (C=O) groups excluding carboxylic acids is 1. The summed E-state index contributed by atoms with van der Waals surface area (Å²) < 4.78 is 12.8. The highest BCUT2D eigenvalue weighted by atomic mass is 79.9. The van der Waals surface area contributed by atoms with E-state index in [1.807, 2.05) is 63.2 Å². The summed E-state index contributed by atoms with van der Waals surface area (Å²) in [7, 11) is 0. The Morgan fingerprint density at radius 3 is 2.41 bits per heavy atom. The lowest BCUT2D eigenvalue weighted by atomic mass is 10.1. The van der Waals surface area contributed by atoms with Crippen molar-refractivity contribution in [3.05, 3.63) is 62.5 Å². The molecule has 0 radical (unpaired) electrons. The van der Waals surface area contributed by atoms with Crippen LogP contribution >= 0.6 is 39.9 Å². The molecule has 2 aromatic rings. The van der Waals surface area contributed by atoms with E-state index in [0.717, 1.165) is 15.6 Å². The average molecular weight is 492 g/mol. The number of hydrogen-bond acceptors (Lipinski definition) is 5. The number of rotatable bonds is 7. The molecule has 152 valence electrons. The van der Waals surface area contributed by atoms with Crippen LogP contribution in [0.25, 0.3) is 6.08 Å². The highest BCUT2D eigenvalue weighted by Crippen LogP contribution is 2.38. The second-order valence-corrected chi connectivity index (χ2v) is 8.97. The number of carbonyl (C=O) groups is 1. The molecule has 1 aliphatic rings. The molecule has 1 amide bonds. The fraction of sp³-hybridized carbons (Fsp3) is 0.273. The molecule has 2 aromatic carbocycles. The highest BCUT2D eigenvalue weighted by molar-refractivity contribution is 9.10. The molecule has 0 saturated carbocycles. The summed E-state index contributed by atoms with van der Waals surface area (Å²) in [5, 5.41) is 0. The molecular weight excluding hydrogens is 470 g/mol. The summed E-state index contributed by atoms with van der Waals surface area (Å²) in [4.78, 5) is 15.2. The molecule has 0 spiro atoms. The van der Waals surface area contributed by atoms with Crippen molar-refractivity contribution in [1.29, 1.82) is 0 Å². The van der Waals surface area contributed by atoms with Crippen LogP contribution in [0.4, 0.5) is 0 Å². The van der Waals surface area contributed by atoms with Crippen LogP contribution in [-0.2, 0) is 11.3 Å². The quantitative estimate of drug-likeness (QED) is 0.353. The lowest BCUT2D eigenvalue weighted by Crippen LogP contribution is -2.27. The first-order valence-electron chi connectivity index (χ1n) is 9.33. The number of ether oxygens (including phenoxy) is 2. The number of halogens is 1. The maximum atomic E-state index is 13.0. The normalized spacial score (nSPS) is 15.3. The van der Waals surface area contributed by atoms with Crippen molar-refractivity contribution in [2.75, 3.05) is 13.2 Å². The van der Waals surface area contributed by atoms with Crippen LogP contribution in [-0.4, -0.2) is 28.3 Å². The molecule has 29 heavy (non-hydrogen) atoms. The largest absolute Gasteiger partial charge is 0.493 e. The van der Waals surface area contributed by atoms with Crippen LogP contribution < -0.4 is 9.47 Å². The molecule has 0 atom stereocenters. The van der Waals surface area contributed by atoms with Crippen molar-refractivity contribution in [3.63, 3.8) is 0 Å². The Kier molecular flexibility index (Phi) is 7.38. The second-order valence-electron chi connectivity index (χ2n) is 6.44. The van der Waals surface area contributed by atoms with Crippen molar-refractivity contribution in [2.45, 2.75) is 27.3 Å². The third-order valence-corrected chi connectivity index (χ3v) is 6.28. The van der Waals surface area contributed by atoms with E-state index in [1.54, 1.807) is 4.90 Å². The fourth-order valence-electron chi connectivity index (χ4n) is 2.86. The molecule has 1 aliphatic heterocycles. The maximum absolute atomic E-state index is 13.0. The van der Waals surface area contributed by atoms with Crippen molar-refractivity contribution in [1.82, 2.24) is 4.90 Å². The molecular formula is C22H22BrNO3S2. The molecule has 1 fully saturated rings. The minimum atomic E-state index is -0.0898. The first-order valence-corrected chi connectivity index (χ1v) is 11.3. The van der Waals surface area contributed by atoms with Gasteiger partial charge in [0.25, 0.3) is 5.91 Å². The molecule has 0 unspecified atom stereocenters. The minimum absolute atomic E-state index is 0.0898. The number of hydrogen-bond donors (Lipinski definition) is 0. The van der Waals surface area contributed by atoms with Crippen LogP contribution in [0, 0.1) is 6.92 Å². The number of thioether (sulfide) groups is 1. The predicted molar refractivity (Wildman–Crippen MR) is 126 cm³/mol. The van der Waals surface area contributed by atoms with Gasteiger partial charge >= 0.3 is 0 Å². The summed E-state index contributed by atoms with van der Waals surface area (Å²) in [5.41, 5.74) is 3.04. The van der Waals surface area contributed by atoms with Gasteiger partial charge in [0.05, 0.1) is 29.1 Å². The van der Waals surface area contributed by atoms with Gasteiger partial charge in [-0.1, -0.05) is 53.8 Å². The van der Waals surface area contributed by atoms with Crippen molar-refractivity contribution < 1.29 is 14.3 Å². The van der Waals surface area contributed by atoms with Crippen molar-refractivity contribution in [2.24, 2.45) is 0 Å². The van der Waals surface area contributed by atoms with Gasteiger partial charge in [0, 0.05) is 11.6 Å². The van der Waals surface area contributed by atoms with E-state index in [-0.39, 0.29) is 5.91 Å². The Bertz CT molecular complexity index is 957. The Balaban J connectivity index is 1.88. The van der Waals surface area contributed by atoms with Crippen molar-refractivity contribution in [3.8, 4) is 11.5 Å². The van der Waals surface area contributed by atoms with Crippen LogP contribution in [0.1, 0.15) is 30.5 Å². The van der Waals surface area contributed by atoms with Gasteiger partial charge in [-0.2, -0.15) is 0 Å². The van der Waals surface area contributed by atoms with Crippen LogP contribution in [0.3, 0.4) is 0 Å². The zero-order valence-electron chi connectivity index (χ0n) is 16.5.